The molecule has 0 radical (unpaired) electrons. The lowest BCUT2D eigenvalue weighted by Crippen LogP contribution is -2.40. The van der Waals surface area contributed by atoms with Crippen LogP contribution < -0.4 is 15.8 Å². The molecule has 3 N–H and O–H groups in total. The van der Waals surface area contributed by atoms with Crippen molar-refractivity contribution in [2.45, 2.75) is 32.7 Å². The number of primary amides is 1. The smallest absolute Gasteiger partial charge is 0.240 e. The summed E-state index contributed by atoms with van der Waals surface area (Å²) in [6, 6.07) is 7.15. The first-order valence-electron chi connectivity index (χ1n) is 6.28. The summed E-state index contributed by atoms with van der Waals surface area (Å²) in [5.41, 5.74) is 6.30. The predicted octanol–water partition coefficient (Wildman–Crippen LogP) is 2.40. The second-order valence-corrected chi connectivity index (χ2v) is 4.52. The summed E-state index contributed by atoms with van der Waals surface area (Å²) in [7, 11) is 1.62. The molecular formula is C14H22N2O2. The number of carbonyl (C=O) groups excluding carboxylic acids is 1. The number of nitrogens with one attached hydrogen (secondary N) is 1. The zero-order chi connectivity index (χ0) is 13.5. The highest BCUT2D eigenvalue weighted by Gasteiger charge is 2.22. The third-order valence-corrected chi connectivity index (χ3v) is 3.01. The normalized spacial score (nSPS) is 13.7. The van der Waals surface area contributed by atoms with Crippen molar-refractivity contribution < 1.29 is 9.53 Å². The number of rotatable bonds is 7. The Bertz CT molecular complexity index is 393. The van der Waals surface area contributed by atoms with Crippen LogP contribution >= 0.6 is 0 Å². The molecule has 0 aliphatic rings. The zero-order valence-corrected chi connectivity index (χ0v) is 11.3. The van der Waals surface area contributed by atoms with Gasteiger partial charge in [-0.2, -0.15) is 0 Å². The molecule has 0 saturated heterocycles. The van der Waals surface area contributed by atoms with Crippen LogP contribution in [0.3, 0.4) is 0 Å². The Morgan fingerprint density at radius 1 is 1.50 bits per heavy atom. The van der Waals surface area contributed by atoms with Crippen LogP contribution in [-0.4, -0.2) is 19.1 Å². The number of benzene rings is 1. The molecule has 0 spiro atoms. The van der Waals surface area contributed by atoms with Gasteiger partial charge in [0.1, 0.15) is 11.8 Å². The molecule has 1 aromatic rings. The Labute approximate surface area is 109 Å². The van der Waals surface area contributed by atoms with Crippen molar-refractivity contribution in [2.75, 3.05) is 12.4 Å². The Hall–Kier alpha value is -1.71. The number of methoxy groups -OCH3 is 1. The molecule has 1 amide bonds. The van der Waals surface area contributed by atoms with Gasteiger partial charge >= 0.3 is 0 Å². The second kappa shape index (κ2) is 6.89. The van der Waals surface area contributed by atoms with E-state index in [0.717, 1.165) is 24.3 Å². The number of anilines is 1. The highest BCUT2D eigenvalue weighted by Crippen LogP contribution is 2.20. The fourth-order valence-electron chi connectivity index (χ4n) is 2.01. The van der Waals surface area contributed by atoms with Crippen molar-refractivity contribution >= 4 is 11.6 Å². The van der Waals surface area contributed by atoms with Gasteiger partial charge in [-0.25, -0.2) is 0 Å². The van der Waals surface area contributed by atoms with Gasteiger partial charge in [0.2, 0.25) is 5.91 Å². The van der Waals surface area contributed by atoms with Crippen molar-refractivity contribution in [1.82, 2.24) is 0 Å². The molecule has 2 unspecified atom stereocenters. The minimum absolute atomic E-state index is 0.207. The van der Waals surface area contributed by atoms with Gasteiger partial charge in [-0.1, -0.05) is 26.3 Å². The molecule has 2 atom stereocenters. The summed E-state index contributed by atoms with van der Waals surface area (Å²) in [6.45, 7) is 4.13. The van der Waals surface area contributed by atoms with Crippen LogP contribution in [0.25, 0.3) is 0 Å². The number of hydrogen-bond acceptors (Lipinski definition) is 3. The highest BCUT2D eigenvalue weighted by molar-refractivity contribution is 5.83. The van der Waals surface area contributed by atoms with Crippen LogP contribution in [0.1, 0.15) is 26.7 Å². The SMILES string of the molecule is CCCC(C)C(Nc1cccc(OC)c1)C(N)=O. The summed E-state index contributed by atoms with van der Waals surface area (Å²) >= 11 is 0. The van der Waals surface area contributed by atoms with Crippen LogP contribution in [0.2, 0.25) is 0 Å². The van der Waals surface area contributed by atoms with Crippen LogP contribution in [-0.2, 0) is 4.79 Å². The number of amides is 1. The zero-order valence-electron chi connectivity index (χ0n) is 11.3. The van der Waals surface area contributed by atoms with Gasteiger partial charge in [0.25, 0.3) is 0 Å². The van der Waals surface area contributed by atoms with Crippen molar-refractivity contribution in [3.63, 3.8) is 0 Å². The van der Waals surface area contributed by atoms with E-state index in [2.05, 4.69) is 12.2 Å². The molecule has 1 aromatic carbocycles. The van der Waals surface area contributed by atoms with E-state index in [9.17, 15) is 4.79 Å². The molecule has 4 nitrogen and oxygen atoms in total. The lowest BCUT2D eigenvalue weighted by Gasteiger charge is -2.23. The fourth-order valence-corrected chi connectivity index (χ4v) is 2.01. The first kappa shape index (κ1) is 14.4. The predicted molar refractivity (Wildman–Crippen MR) is 73.7 cm³/mol. The number of ether oxygens (including phenoxy) is 1. The van der Waals surface area contributed by atoms with Crippen LogP contribution in [0.4, 0.5) is 5.69 Å². The van der Waals surface area contributed by atoms with Gasteiger partial charge in [0, 0.05) is 11.8 Å². The molecule has 0 heterocycles. The molecule has 100 valence electrons. The summed E-state index contributed by atoms with van der Waals surface area (Å²) in [5.74, 6) is 0.642. The Morgan fingerprint density at radius 2 is 2.22 bits per heavy atom. The Morgan fingerprint density at radius 3 is 2.78 bits per heavy atom. The standard InChI is InChI=1S/C14H22N2O2/c1-4-6-10(2)13(14(15)17)16-11-7-5-8-12(9-11)18-3/h5,7-10,13,16H,4,6H2,1-3H3,(H2,15,17). The number of hydrogen-bond donors (Lipinski definition) is 2. The van der Waals surface area contributed by atoms with Crippen LogP contribution in [0.15, 0.2) is 24.3 Å². The van der Waals surface area contributed by atoms with E-state index in [1.807, 2.05) is 31.2 Å². The number of carbonyl (C=O) groups is 1. The minimum Gasteiger partial charge on any atom is -0.497 e. The highest BCUT2D eigenvalue weighted by atomic mass is 16.5. The minimum atomic E-state index is -0.350. The maximum absolute atomic E-state index is 11.5. The van der Waals surface area contributed by atoms with Gasteiger partial charge in [0.15, 0.2) is 0 Å². The van der Waals surface area contributed by atoms with Crippen molar-refractivity contribution in [3.05, 3.63) is 24.3 Å². The van der Waals surface area contributed by atoms with Gasteiger partial charge in [-0.15, -0.1) is 0 Å². The maximum atomic E-state index is 11.5. The number of nitrogens with two attached hydrogens (primary N) is 1. The average Bonchev–Trinajstić information content (AvgIpc) is 2.36. The van der Waals surface area contributed by atoms with Gasteiger partial charge in [-0.05, 0) is 24.5 Å². The Kier molecular flexibility index (Phi) is 5.49. The first-order valence-corrected chi connectivity index (χ1v) is 6.28. The lowest BCUT2D eigenvalue weighted by molar-refractivity contribution is -0.119. The molecule has 18 heavy (non-hydrogen) atoms. The monoisotopic (exact) mass is 250 g/mol. The Balaban J connectivity index is 2.79. The van der Waals surface area contributed by atoms with E-state index in [1.54, 1.807) is 7.11 Å². The molecule has 0 aliphatic carbocycles. The lowest BCUT2D eigenvalue weighted by atomic mass is 9.96. The summed E-state index contributed by atoms with van der Waals surface area (Å²) in [4.78, 5) is 11.5. The van der Waals surface area contributed by atoms with Crippen molar-refractivity contribution in [3.8, 4) is 5.75 Å². The largest absolute Gasteiger partial charge is 0.497 e. The summed E-state index contributed by atoms with van der Waals surface area (Å²) in [5, 5.41) is 3.18. The summed E-state index contributed by atoms with van der Waals surface area (Å²) in [6.07, 6.45) is 2.00. The fraction of sp³-hybridized carbons (Fsp3) is 0.500. The maximum Gasteiger partial charge on any atom is 0.240 e. The van der Waals surface area contributed by atoms with E-state index in [4.69, 9.17) is 10.5 Å². The molecule has 0 fully saturated rings. The molecular weight excluding hydrogens is 228 g/mol. The van der Waals surface area contributed by atoms with Crippen LogP contribution in [0.5, 0.6) is 5.75 Å². The summed E-state index contributed by atoms with van der Waals surface area (Å²) < 4.78 is 5.15. The quantitative estimate of drug-likeness (QED) is 0.781. The third-order valence-electron chi connectivity index (χ3n) is 3.01. The molecule has 0 aromatic heterocycles. The van der Waals surface area contributed by atoms with E-state index in [1.165, 1.54) is 0 Å². The van der Waals surface area contributed by atoms with E-state index in [0.29, 0.717) is 0 Å². The van der Waals surface area contributed by atoms with Gasteiger partial charge < -0.3 is 15.8 Å². The molecule has 4 heteroatoms. The molecule has 0 saturated carbocycles. The van der Waals surface area contributed by atoms with Crippen molar-refractivity contribution in [1.29, 1.82) is 0 Å². The topological polar surface area (TPSA) is 64.3 Å². The van der Waals surface area contributed by atoms with Crippen molar-refractivity contribution in [2.24, 2.45) is 11.7 Å². The second-order valence-electron chi connectivity index (χ2n) is 4.52. The van der Waals surface area contributed by atoms with E-state index < -0.39 is 0 Å². The average molecular weight is 250 g/mol. The molecule has 0 aliphatic heterocycles. The third kappa shape index (κ3) is 3.95. The van der Waals surface area contributed by atoms with Gasteiger partial charge in [0.05, 0.1) is 7.11 Å². The van der Waals surface area contributed by atoms with E-state index >= 15 is 0 Å². The van der Waals surface area contributed by atoms with E-state index in [-0.39, 0.29) is 17.9 Å². The van der Waals surface area contributed by atoms with Crippen LogP contribution in [0, 0.1) is 5.92 Å². The molecule has 1 rings (SSSR count). The van der Waals surface area contributed by atoms with Gasteiger partial charge in [-0.3, -0.25) is 4.79 Å². The molecule has 0 bridgehead atoms. The first-order chi connectivity index (χ1) is 8.58.